The fourth-order valence-corrected chi connectivity index (χ4v) is 4.67. The van der Waals surface area contributed by atoms with Crippen molar-refractivity contribution in [3.63, 3.8) is 0 Å². The lowest BCUT2D eigenvalue weighted by Crippen LogP contribution is -2.31. The summed E-state index contributed by atoms with van der Waals surface area (Å²) >= 11 is 0. The highest BCUT2D eigenvalue weighted by Gasteiger charge is 2.41. The van der Waals surface area contributed by atoms with Crippen molar-refractivity contribution in [2.24, 2.45) is 0 Å². The van der Waals surface area contributed by atoms with Crippen molar-refractivity contribution < 1.29 is 41.4 Å². The number of halogens is 3. The Hall–Kier alpha value is -4.93. The summed E-state index contributed by atoms with van der Waals surface area (Å²) in [6.07, 6.45) is -5.15. The zero-order chi connectivity index (χ0) is 30.2. The van der Waals surface area contributed by atoms with Gasteiger partial charge in [0, 0.05) is 19.0 Å². The largest absolute Gasteiger partial charge is 0.453 e. The van der Waals surface area contributed by atoms with Gasteiger partial charge in [0.2, 0.25) is 11.2 Å². The van der Waals surface area contributed by atoms with Gasteiger partial charge in [-0.25, -0.2) is 0 Å². The molecule has 2 amide bonds. The van der Waals surface area contributed by atoms with Crippen LogP contribution in [0.4, 0.5) is 13.2 Å². The van der Waals surface area contributed by atoms with Crippen LogP contribution in [0.15, 0.2) is 75.9 Å². The Labute approximate surface area is 237 Å². The Morgan fingerprint density at radius 1 is 0.929 bits per heavy atom. The van der Waals surface area contributed by atoms with Crippen molar-refractivity contribution >= 4 is 28.8 Å². The number of ether oxygens (including phenoxy) is 2. The van der Waals surface area contributed by atoms with E-state index in [-0.39, 0.29) is 42.2 Å². The molecule has 0 N–H and O–H groups in total. The first kappa shape index (κ1) is 28.6. The molecule has 2 heterocycles. The SMILES string of the molecule is CC(C)c1ccccc1Oc1c(C(F)(F)F)oc2cc(OC(=O)CCCN3C(=O)c4ccccc4C3=O)ccc2c1=O. The van der Waals surface area contributed by atoms with E-state index in [1.807, 2.05) is 13.8 Å². The summed E-state index contributed by atoms with van der Waals surface area (Å²) in [4.78, 5) is 51.6. The number of hydrogen-bond acceptors (Lipinski definition) is 7. The van der Waals surface area contributed by atoms with Crippen molar-refractivity contribution in [1.29, 1.82) is 0 Å². The molecule has 1 aliphatic heterocycles. The number of fused-ring (bicyclic) bond motifs is 2. The van der Waals surface area contributed by atoms with Gasteiger partial charge in [0.15, 0.2) is 0 Å². The van der Waals surface area contributed by atoms with Gasteiger partial charge in [0.25, 0.3) is 17.6 Å². The van der Waals surface area contributed by atoms with Crippen LogP contribution >= 0.6 is 0 Å². The van der Waals surface area contributed by atoms with Gasteiger partial charge in [0.1, 0.15) is 17.1 Å². The first-order valence-electron chi connectivity index (χ1n) is 13.1. The molecule has 0 aliphatic carbocycles. The molecule has 4 aromatic rings. The number of rotatable bonds is 8. The van der Waals surface area contributed by atoms with E-state index in [2.05, 4.69) is 0 Å². The fourth-order valence-electron chi connectivity index (χ4n) is 4.67. The Bertz CT molecular complexity index is 1740. The van der Waals surface area contributed by atoms with Gasteiger partial charge in [-0.3, -0.25) is 24.1 Å². The average molecular weight is 580 g/mol. The van der Waals surface area contributed by atoms with E-state index in [1.165, 1.54) is 18.2 Å². The molecule has 0 saturated heterocycles. The molecule has 0 unspecified atom stereocenters. The Kier molecular flexibility index (Phi) is 7.59. The summed E-state index contributed by atoms with van der Waals surface area (Å²) in [7, 11) is 0. The van der Waals surface area contributed by atoms with Crippen LogP contribution in [-0.2, 0) is 11.0 Å². The molecule has 216 valence electrons. The lowest BCUT2D eigenvalue weighted by atomic mass is 10.0. The molecule has 42 heavy (non-hydrogen) atoms. The summed E-state index contributed by atoms with van der Waals surface area (Å²) in [6.45, 7) is 3.65. The second-order valence-electron chi connectivity index (χ2n) is 9.92. The maximum absolute atomic E-state index is 14.0. The molecule has 0 spiro atoms. The van der Waals surface area contributed by atoms with Crippen LogP contribution in [-0.4, -0.2) is 29.2 Å². The third-order valence-electron chi connectivity index (χ3n) is 6.71. The van der Waals surface area contributed by atoms with Crippen molar-refractivity contribution in [2.75, 3.05) is 6.54 Å². The first-order valence-corrected chi connectivity index (χ1v) is 13.1. The molecule has 0 fully saturated rings. The second-order valence-corrected chi connectivity index (χ2v) is 9.92. The number of carbonyl (C=O) groups is 3. The van der Waals surface area contributed by atoms with Crippen molar-refractivity contribution in [3.05, 3.63) is 99.4 Å². The molecular formula is C31H24F3NO7. The van der Waals surface area contributed by atoms with Gasteiger partial charge >= 0.3 is 12.1 Å². The number of alkyl halides is 3. The molecule has 1 aliphatic rings. The van der Waals surface area contributed by atoms with E-state index in [0.29, 0.717) is 16.7 Å². The van der Waals surface area contributed by atoms with Crippen LogP contribution in [0, 0.1) is 0 Å². The standard InChI is InChI=1S/C31H24F3NO7/c1-17(2)19-8-5-6-11-23(19)41-27-26(37)22-14-13-18(16-24(22)42-28(27)31(32,33)34)40-25(36)12-7-15-35-29(38)20-9-3-4-10-21(20)30(35)39/h3-6,8-11,13-14,16-17H,7,12,15H2,1-2H3. The summed E-state index contributed by atoms with van der Waals surface area (Å²) in [5.74, 6) is -4.43. The Morgan fingerprint density at radius 3 is 2.21 bits per heavy atom. The summed E-state index contributed by atoms with van der Waals surface area (Å²) in [6, 6.07) is 16.3. The summed E-state index contributed by atoms with van der Waals surface area (Å²) in [5, 5.41) is -0.203. The molecule has 0 radical (unpaired) electrons. The van der Waals surface area contributed by atoms with E-state index in [9.17, 15) is 32.3 Å². The number of amides is 2. The summed E-state index contributed by atoms with van der Waals surface area (Å²) in [5.41, 5.74) is -0.304. The van der Waals surface area contributed by atoms with Gasteiger partial charge in [-0.1, -0.05) is 44.2 Å². The molecule has 0 saturated carbocycles. The lowest BCUT2D eigenvalue weighted by Gasteiger charge is -2.16. The molecule has 8 nitrogen and oxygen atoms in total. The first-order chi connectivity index (χ1) is 20.0. The Morgan fingerprint density at radius 2 is 1.57 bits per heavy atom. The number of benzene rings is 3. The van der Waals surface area contributed by atoms with Gasteiger partial charge in [0.05, 0.1) is 16.5 Å². The molecule has 3 aromatic carbocycles. The topological polar surface area (TPSA) is 103 Å². The zero-order valence-corrected chi connectivity index (χ0v) is 22.5. The van der Waals surface area contributed by atoms with Crippen molar-refractivity contribution in [2.45, 2.75) is 38.8 Å². The van der Waals surface area contributed by atoms with E-state index < -0.39 is 46.5 Å². The monoisotopic (exact) mass is 579 g/mol. The van der Waals surface area contributed by atoms with Crippen molar-refractivity contribution in [3.8, 4) is 17.2 Å². The van der Waals surface area contributed by atoms with Gasteiger partial charge in [-0.2, -0.15) is 13.2 Å². The lowest BCUT2D eigenvalue weighted by molar-refractivity contribution is -0.154. The van der Waals surface area contributed by atoms with Gasteiger partial charge in [-0.15, -0.1) is 0 Å². The maximum Gasteiger partial charge on any atom is 0.453 e. The maximum atomic E-state index is 14.0. The number of para-hydroxylation sites is 1. The number of imide groups is 1. The third kappa shape index (κ3) is 5.50. The van der Waals surface area contributed by atoms with Crippen LogP contribution in [0.25, 0.3) is 11.0 Å². The number of nitrogens with zero attached hydrogens (tertiary/aromatic N) is 1. The normalized spacial score (nSPS) is 13.1. The van der Waals surface area contributed by atoms with Crippen LogP contribution in [0.3, 0.4) is 0 Å². The van der Waals surface area contributed by atoms with Crippen LogP contribution in [0.2, 0.25) is 0 Å². The molecular weight excluding hydrogens is 555 g/mol. The predicted octanol–water partition coefficient (Wildman–Crippen LogP) is 6.71. The predicted molar refractivity (Wildman–Crippen MR) is 145 cm³/mol. The van der Waals surface area contributed by atoms with Crippen LogP contribution < -0.4 is 14.9 Å². The molecule has 1 aromatic heterocycles. The minimum absolute atomic E-state index is 0.0221. The minimum atomic E-state index is -5.06. The number of carbonyl (C=O) groups excluding carboxylic acids is 3. The highest BCUT2D eigenvalue weighted by molar-refractivity contribution is 6.21. The second kappa shape index (κ2) is 11.2. The van der Waals surface area contributed by atoms with E-state index in [0.717, 1.165) is 11.0 Å². The molecule has 0 atom stereocenters. The van der Waals surface area contributed by atoms with Crippen LogP contribution in [0.1, 0.15) is 64.6 Å². The highest BCUT2D eigenvalue weighted by atomic mass is 19.4. The van der Waals surface area contributed by atoms with Crippen molar-refractivity contribution in [1.82, 2.24) is 4.90 Å². The number of esters is 1. The molecule has 11 heteroatoms. The summed E-state index contributed by atoms with van der Waals surface area (Å²) < 4.78 is 57.8. The number of hydrogen-bond donors (Lipinski definition) is 0. The quantitative estimate of drug-likeness (QED) is 0.130. The van der Waals surface area contributed by atoms with E-state index in [1.54, 1.807) is 42.5 Å². The van der Waals surface area contributed by atoms with Gasteiger partial charge < -0.3 is 13.9 Å². The molecule has 0 bridgehead atoms. The van der Waals surface area contributed by atoms with E-state index >= 15 is 0 Å². The zero-order valence-electron chi connectivity index (χ0n) is 22.5. The van der Waals surface area contributed by atoms with E-state index in [4.69, 9.17) is 13.9 Å². The fraction of sp³-hybridized carbons (Fsp3) is 0.226. The Balaban J connectivity index is 1.33. The minimum Gasteiger partial charge on any atom is -0.449 e. The molecule has 5 rings (SSSR count). The third-order valence-corrected chi connectivity index (χ3v) is 6.71. The van der Waals surface area contributed by atoms with Gasteiger partial charge in [-0.05, 0) is 48.2 Å². The highest BCUT2D eigenvalue weighted by Crippen LogP contribution is 2.40. The van der Waals surface area contributed by atoms with Crippen LogP contribution in [0.5, 0.6) is 17.2 Å². The average Bonchev–Trinajstić information content (AvgIpc) is 3.19. The smallest absolute Gasteiger partial charge is 0.449 e.